The third-order valence-electron chi connectivity index (χ3n) is 5.92. The highest BCUT2D eigenvalue weighted by atomic mass is 16.5. The molecule has 2 rings (SSSR count). The molecule has 0 amide bonds. The van der Waals surface area contributed by atoms with Crippen molar-refractivity contribution < 1.29 is 19.0 Å². The molecule has 0 radical (unpaired) electrons. The normalized spacial score (nSPS) is 9.54. The summed E-state index contributed by atoms with van der Waals surface area (Å²) in [5.41, 5.74) is 0.501. The second-order valence-corrected chi connectivity index (χ2v) is 9.34. The van der Waals surface area contributed by atoms with Gasteiger partial charge in [-0.15, -0.1) is 6.58 Å². The Kier molecular flexibility index (Phi) is 31.3. The standard InChI is InChI=1S/C26H36O4.C7H14.2C2H6/c1-3-5-7-9-11-21-28-23-14-12-22(13-15-23)26(27)30-25-18-16-24(17-19-25)29-20-10-8-6-4-2;1-3-5-7-6-4-2;2*1-2/h12-19H,3-11,20-21H2,1-2H3;3H,1,4-7H2,2H3;2*1-2H3. The molecule has 2 aromatic carbocycles. The van der Waals surface area contributed by atoms with Crippen LogP contribution >= 0.6 is 0 Å². The lowest BCUT2D eigenvalue weighted by Gasteiger charge is -2.09. The summed E-state index contributed by atoms with van der Waals surface area (Å²) >= 11 is 0. The number of hydrogen-bond donors (Lipinski definition) is 0. The summed E-state index contributed by atoms with van der Waals surface area (Å²) in [6.45, 7) is 19.7. The van der Waals surface area contributed by atoms with E-state index in [0.29, 0.717) is 24.5 Å². The van der Waals surface area contributed by atoms with Crippen molar-refractivity contribution in [2.45, 2.75) is 132 Å². The maximum Gasteiger partial charge on any atom is 0.343 e. The Labute approximate surface area is 253 Å². The van der Waals surface area contributed by atoms with E-state index in [-0.39, 0.29) is 5.97 Å². The largest absolute Gasteiger partial charge is 0.494 e. The predicted molar refractivity (Wildman–Crippen MR) is 179 cm³/mol. The molecule has 0 heterocycles. The van der Waals surface area contributed by atoms with Gasteiger partial charge in [0.25, 0.3) is 0 Å². The molecule has 2 aromatic rings. The third kappa shape index (κ3) is 23.6. The van der Waals surface area contributed by atoms with E-state index in [1.165, 1.54) is 70.6 Å². The first-order valence-corrected chi connectivity index (χ1v) is 16.4. The minimum Gasteiger partial charge on any atom is -0.494 e. The molecule has 0 bridgehead atoms. The summed E-state index contributed by atoms with van der Waals surface area (Å²) in [6.07, 6.45) is 17.9. The first-order valence-electron chi connectivity index (χ1n) is 16.4. The summed E-state index contributed by atoms with van der Waals surface area (Å²) in [6, 6.07) is 14.3. The molecular formula is C37H62O4. The maximum absolute atomic E-state index is 12.3. The average Bonchev–Trinajstić information content (AvgIpc) is 3.02. The molecule has 0 atom stereocenters. The minimum absolute atomic E-state index is 0.380. The second-order valence-electron chi connectivity index (χ2n) is 9.34. The lowest BCUT2D eigenvalue weighted by atomic mass is 10.2. The zero-order valence-electron chi connectivity index (χ0n) is 27.6. The van der Waals surface area contributed by atoms with Gasteiger partial charge in [-0.1, -0.05) is 112 Å². The van der Waals surface area contributed by atoms with E-state index in [2.05, 4.69) is 27.4 Å². The van der Waals surface area contributed by atoms with Crippen LogP contribution in [0.5, 0.6) is 17.2 Å². The first-order chi connectivity index (χ1) is 20.1. The van der Waals surface area contributed by atoms with E-state index >= 15 is 0 Å². The van der Waals surface area contributed by atoms with E-state index in [1.54, 1.807) is 24.3 Å². The average molecular weight is 571 g/mol. The molecule has 0 saturated carbocycles. The first kappa shape index (κ1) is 40.4. The van der Waals surface area contributed by atoms with E-state index in [1.807, 2.05) is 58.0 Å². The highest BCUT2D eigenvalue weighted by molar-refractivity contribution is 5.91. The van der Waals surface area contributed by atoms with Crippen LogP contribution in [-0.4, -0.2) is 19.2 Å². The van der Waals surface area contributed by atoms with Crippen LogP contribution < -0.4 is 14.2 Å². The number of allylic oxidation sites excluding steroid dienone is 1. The Morgan fingerprint density at radius 1 is 0.585 bits per heavy atom. The third-order valence-corrected chi connectivity index (χ3v) is 5.92. The van der Waals surface area contributed by atoms with Gasteiger partial charge in [-0.05, 0) is 74.2 Å². The molecule has 234 valence electrons. The molecule has 0 saturated heterocycles. The van der Waals surface area contributed by atoms with Crippen molar-refractivity contribution in [3.05, 3.63) is 66.7 Å². The number of benzene rings is 2. The van der Waals surface area contributed by atoms with Crippen molar-refractivity contribution in [2.75, 3.05) is 13.2 Å². The van der Waals surface area contributed by atoms with Gasteiger partial charge in [0, 0.05) is 0 Å². The molecule has 0 N–H and O–H groups in total. The topological polar surface area (TPSA) is 44.8 Å². The van der Waals surface area contributed by atoms with E-state index in [9.17, 15) is 4.79 Å². The van der Waals surface area contributed by atoms with Gasteiger partial charge < -0.3 is 14.2 Å². The van der Waals surface area contributed by atoms with E-state index in [0.717, 1.165) is 24.3 Å². The van der Waals surface area contributed by atoms with Crippen LogP contribution in [0.15, 0.2) is 61.2 Å². The van der Waals surface area contributed by atoms with Crippen LogP contribution in [0.2, 0.25) is 0 Å². The number of esters is 1. The lowest BCUT2D eigenvalue weighted by molar-refractivity contribution is 0.0734. The highest BCUT2D eigenvalue weighted by Crippen LogP contribution is 2.20. The number of hydrogen-bond acceptors (Lipinski definition) is 4. The maximum atomic E-state index is 12.3. The minimum atomic E-state index is -0.380. The zero-order valence-corrected chi connectivity index (χ0v) is 27.6. The number of ether oxygens (including phenoxy) is 3. The van der Waals surface area contributed by atoms with Gasteiger partial charge in [-0.2, -0.15) is 0 Å². The number of unbranched alkanes of at least 4 members (excludes halogenated alkanes) is 10. The van der Waals surface area contributed by atoms with Crippen molar-refractivity contribution in [3.8, 4) is 17.2 Å². The van der Waals surface area contributed by atoms with Crippen molar-refractivity contribution >= 4 is 5.97 Å². The molecule has 4 heteroatoms. The van der Waals surface area contributed by atoms with Crippen LogP contribution in [0.3, 0.4) is 0 Å². The second kappa shape index (κ2) is 31.8. The van der Waals surface area contributed by atoms with Crippen LogP contribution in [0.1, 0.15) is 142 Å². The molecular weight excluding hydrogens is 508 g/mol. The summed E-state index contributed by atoms with van der Waals surface area (Å²) in [4.78, 5) is 12.3. The van der Waals surface area contributed by atoms with Gasteiger partial charge >= 0.3 is 5.97 Å². The van der Waals surface area contributed by atoms with Crippen molar-refractivity contribution in [3.63, 3.8) is 0 Å². The number of rotatable bonds is 19. The Hall–Kier alpha value is -2.75. The molecule has 0 spiro atoms. The van der Waals surface area contributed by atoms with Crippen LogP contribution in [-0.2, 0) is 0 Å². The molecule has 0 aliphatic carbocycles. The van der Waals surface area contributed by atoms with Crippen LogP contribution in [0.25, 0.3) is 0 Å². The molecule has 0 fully saturated rings. The summed E-state index contributed by atoms with van der Waals surface area (Å²) in [7, 11) is 0. The summed E-state index contributed by atoms with van der Waals surface area (Å²) < 4.78 is 16.9. The molecule has 41 heavy (non-hydrogen) atoms. The molecule has 0 aliphatic rings. The fraction of sp³-hybridized carbons (Fsp3) is 0.595. The van der Waals surface area contributed by atoms with Crippen molar-refractivity contribution in [2.24, 2.45) is 0 Å². The summed E-state index contributed by atoms with van der Waals surface area (Å²) in [5.74, 6) is 1.70. The quantitative estimate of drug-likeness (QED) is 0.0729. The van der Waals surface area contributed by atoms with Gasteiger partial charge in [0.15, 0.2) is 0 Å². The molecule has 4 nitrogen and oxygen atoms in total. The monoisotopic (exact) mass is 570 g/mol. The van der Waals surface area contributed by atoms with Gasteiger partial charge in [-0.25, -0.2) is 4.79 Å². The SMILES string of the molecule is C=CCCCCC.CC.CC.CCCCCCCOc1ccc(C(=O)Oc2ccc(OCCCCCC)cc2)cc1. The predicted octanol–water partition coefficient (Wildman–Crippen LogP) is 12.0. The smallest absolute Gasteiger partial charge is 0.343 e. The zero-order chi connectivity index (χ0) is 31.0. The molecule has 0 unspecified atom stereocenters. The van der Waals surface area contributed by atoms with Gasteiger partial charge in [0.05, 0.1) is 18.8 Å². The van der Waals surface area contributed by atoms with Gasteiger partial charge in [-0.3, -0.25) is 0 Å². The Balaban J connectivity index is 0. The number of carbonyl (C=O) groups excluding carboxylic acids is 1. The van der Waals surface area contributed by atoms with Gasteiger partial charge in [0.2, 0.25) is 0 Å². The fourth-order valence-corrected chi connectivity index (χ4v) is 3.61. The lowest BCUT2D eigenvalue weighted by Crippen LogP contribution is -2.08. The van der Waals surface area contributed by atoms with E-state index < -0.39 is 0 Å². The van der Waals surface area contributed by atoms with Gasteiger partial charge in [0.1, 0.15) is 17.2 Å². The Morgan fingerprint density at radius 3 is 1.44 bits per heavy atom. The molecule has 0 aliphatic heterocycles. The Morgan fingerprint density at radius 2 is 0.976 bits per heavy atom. The summed E-state index contributed by atoms with van der Waals surface area (Å²) in [5, 5.41) is 0. The van der Waals surface area contributed by atoms with E-state index in [4.69, 9.17) is 14.2 Å². The van der Waals surface area contributed by atoms with Crippen molar-refractivity contribution in [1.82, 2.24) is 0 Å². The number of carbonyl (C=O) groups is 1. The van der Waals surface area contributed by atoms with Crippen LogP contribution in [0.4, 0.5) is 0 Å². The Bertz CT molecular complexity index is 812. The van der Waals surface area contributed by atoms with Crippen molar-refractivity contribution in [1.29, 1.82) is 0 Å². The van der Waals surface area contributed by atoms with Crippen LogP contribution in [0, 0.1) is 0 Å². The molecule has 0 aromatic heterocycles. The fourth-order valence-electron chi connectivity index (χ4n) is 3.61. The highest BCUT2D eigenvalue weighted by Gasteiger charge is 2.09.